The van der Waals surface area contributed by atoms with Crippen LogP contribution in [0.25, 0.3) is 0 Å². The van der Waals surface area contributed by atoms with Crippen molar-refractivity contribution < 1.29 is 17.9 Å². The molecule has 0 saturated heterocycles. The largest absolute Gasteiger partial charge is 0.494 e. The van der Waals surface area contributed by atoms with Crippen LogP contribution in [0.1, 0.15) is 35.6 Å². The summed E-state index contributed by atoms with van der Waals surface area (Å²) in [6.45, 7) is 9.52. The highest BCUT2D eigenvalue weighted by atomic mass is 32.2. The summed E-state index contributed by atoms with van der Waals surface area (Å²) in [5, 5.41) is 7.37. The van der Waals surface area contributed by atoms with Gasteiger partial charge >= 0.3 is 0 Å². The Kier molecular flexibility index (Phi) is 7.75. The fraction of sp³-hybridized carbons (Fsp3) is 0.333. The van der Waals surface area contributed by atoms with E-state index in [2.05, 4.69) is 15.1 Å². The zero-order valence-electron chi connectivity index (χ0n) is 19.3. The van der Waals surface area contributed by atoms with Gasteiger partial charge in [-0.1, -0.05) is 13.0 Å². The van der Waals surface area contributed by atoms with Crippen LogP contribution in [0.2, 0.25) is 0 Å². The fourth-order valence-corrected chi connectivity index (χ4v) is 4.46. The quantitative estimate of drug-likeness (QED) is 0.470. The van der Waals surface area contributed by atoms with Crippen molar-refractivity contribution in [2.75, 3.05) is 17.9 Å². The van der Waals surface area contributed by atoms with Gasteiger partial charge in [-0.15, -0.1) is 0 Å². The Hall–Kier alpha value is -3.33. The first-order chi connectivity index (χ1) is 15.7. The second kappa shape index (κ2) is 10.5. The third-order valence-corrected chi connectivity index (χ3v) is 6.42. The first-order valence-electron chi connectivity index (χ1n) is 10.8. The second-order valence-corrected chi connectivity index (χ2v) is 9.70. The van der Waals surface area contributed by atoms with Crippen molar-refractivity contribution in [1.82, 2.24) is 15.1 Å². The van der Waals surface area contributed by atoms with E-state index in [-0.39, 0.29) is 16.7 Å². The van der Waals surface area contributed by atoms with E-state index in [1.165, 1.54) is 18.2 Å². The van der Waals surface area contributed by atoms with Crippen LogP contribution >= 0.6 is 0 Å². The highest BCUT2D eigenvalue weighted by Crippen LogP contribution is 2.20. The van der Waals surface area contributed by atoms with E-state index in [9.17, 15) is 13.2 Å². The number of carbonyl (C=O) groups excluding carboxylic acids is 1. The van der Waals surface area contributed by atoms with Gasteiger partial charge in [0.25, 0.3) is 15.9 Å². The summed E-state index contributed by atoms with van der Waals surface area (Å²) >= 11 is 0. The number of ether oxygens (including phenoxy) is 1. The molecule has 1 heterocycles. The van der Waals surface area contributed by atoms with E-state index in [1.54, 1.807) is 30.3 Å². The van der Waals surface area contributed by atoms with Gasteiger partial charge in [-0.3, -0.25) is 14.2 Å². The Balaban J connectivity index is 1.61. The normalized spacial score (nSPS) is 12.2. The summed E-state index contributed by atoms with van der Waals surface area (Å²) in [4.78, 5) is 12.7. The summed E-state index contributed by atoms with van der Waals surface area (Å²) in [6, 6.07) is 14.6. The maximum absolute atomic E-state index is 12.7. The molecule has 2 aromatic carbocycles. The van der Waals surface area contributed by atoms with Crippen LogP contribution in [0.15, 0.2) is 59.5 Å². The van der Waals surface area contributed by atoms with Gasteiger partial charge in [0.2, 0.25) is 0 Å². The molecule has 176 valence electrons. The molecule has 1 amide bonds. The molecule has 0 spiro atoms. The van der Waals surface area contributed by atoms with Crippen molar-refractivity contribution in [1.29, 1.82) is 0 Å². The van der Waals surface area contributed by atoms with E-state index >= 15 is 0 Å². The molecule has 3 rings (SSSR count). The highest BCUT2D eigenvalue weighted by molar-refractivity contribution is 7.92. The molecule has 0 aliphatic rings. The smallest absolute Gasteiger partial charge is 0.261 e. The predicted molar refractivity (Wildman–Crippen MR) is 128 cm³/mol. The molecule has 33 heavy (non-hydrogen) atoms. The Morgan fingerprint density at radius 2 is 1.85 bits per heavy atom. The molecule has 1 aromatic heterocycles. The van der Waals surface area contributed by atoms with Gasteiger partial charge in [-0.05, 0) is 75.2 Å². The molecule has 0 fully saturated rings. The summed E-state index contributed by atoms with van der Waals surface area (Å²) < 4.78 is 35.2. The molecule has 8 nitrogen and oxygen atoms in total. The Labute approximate surface area is 195 Å². The van der Waals surface area contributed by atoms with E-state index in [1.807, 2.05) is 38.4 Å². The molecule has 1 atom stereocenters. The number of rotatable bonds is 10. The lowest BCUT2D eigenvalue weighted by molar-refractivity contribution is 0.0946. The summed E-state index contributed by atoms with van der Waals surface area (Å²) in [5.41, 5.74) is 2.74. The highest BCUT2D eigenvalue weighted by Gasteiger charge is 2.16. The number of aryl methyl sites for hydroxylation is 2. The number of hydrogen-bond donors (Lipinski definition) is 2. The van der Waals surface area contributed by atoms with Crippen LogP contribution in [0.4, 0.5) is 5.69 Å². The SMILES string of the molecule is CCOc1ccc(S(=O)(=O)Nc2cccc(C(=O)NCC(C)Cn3nc(C)cc3C)c2)cc1. The van der Waals surface area contributed by atoms with Gasteiger partial charge in [-0.25, -0.2) is 8.42 Å². The zero-order valence-corrected chi connectivity index (χ0v) is 20.1. The minimum Gasteiger partial charge on any atom is -0.494 e. The van der Waals surface area contributed by atoms with Gasteiger partial charge in [0.1, 0.15) is 5.75 Å². The van der Waals surface area contributed by atoms with E-state index in [0.717, 1.165) is 11.4 Å². The number of nitrogens with zero attached hydrogens (tertiary/aromatic N) is 2. The van der Waals surface area contributed by atoms with Crippen LogP contribution in [-0.2, 0) is 16.6 Å². The van der Waals surface area contributed by atoms with Gasteiger partial charge in [0.15, 0.2) is 0 Å². The molecule has 3 aromatic rings. The van der Waals surface area contributed by atoms with Crippen molar-refractivity contribution >= 4 is 21.6 Å². The summed E-state index contributed by atoms with van der Waals surface area (Å²) in [5.74, 6) is 0.507. The Bertz CT molecular complexity index is 1200. The molecule has 0 radical (unpaired) electrons. The topological polar surface area (TPSA) is 102 Å². The van der Waals surface area contributed by atoms with Crippen LogP contribution in [-0.4, -0.2) is 37.3 Å². The van der Waals surface area contributed by atoms with E-state index in [0.29, 0.717) is 36.7 Å². The third-order valence-electron chi connectivity index (χ3n) is 5.02. The Morgan fingerprint density at radius 1 is 1.12 bits per heavy atom. The minimum absolute atomic E-state index is 0.110. The molecular weight excluding hydrogens is 440 g/mol. The second-order valence-electron chi connectivity index (χ2n) is 8.02. The molecule has 0 saturated carbocycles. The molecule has 0 aliphatic heterocycles. The molecule has 2 N–H and O–H groups in total. The lowest BCUT2D eigenvalue weighted by Crippen LogP contribution is -2.30. The summed E-state index contributed by atoms with van der Waals surface area (Å²) in [6.07, 6.45) is 0. The van der Waals surface area contributed by atoms with E-state index in [4.69, 9.17) is 4.74 Å². The van der Waals surface area contributed by atoms with Gasteiger partial charge in [0, 0.05) is 30.0 Å². The number of anilines is 1. The van der Waals surface area contributed by atoms with Crippen LogP contribution in [0, 0.1) is 19.8 Å². The van der Waals surface area contributed by atoms with E-state index < -0.39 is 10.0 Å². The van der Waals surface area contributed by atoms with Crippen molar-refractivity contribution in [2.45, 2.75) is 39.1 Å². The predicted octanol–water partition coefficient (Wildman–Crippen LogP) is 3.77. The lowest BCUT2D eigenvalue weighted by Gasteiger charge is -2.14. The number of amides is 1. The fourth-order valence-electron chi connectivity index (χ4n) is 3.41. The van der Waals surface area contributed by atoms with Gasteiger partial charge < -0.3 is 10.1 Å². The number of nitrogens with one attached hydrogen (secondary N) is 2. The first kappa shape index (κ1) is 24.3. The molecular formula is C24H30N4O4S. The lowest BCUT2D eigenvalue weighted by atomic mass is 10.1. The third kappa shape index (κ3) is 6.58. The molecule has 0 bridgehead atoms. The standard InChI is InChI=1S/C24H30N4O4S/c1-5-32-22-9-11-23(12-10-22)33(30,31)27-21-8-6-7-20(14-21)24(29)25-15-17(2)16-28-19(4)13-18(3)26-28/h6-14,17,27H,5,15-16H2,1-4H3,(H,25,29). The average molecular weight is 471 g/mol. The van der Waals surface area contributed by atoms with Crippen molar-refractivity contribution in [2.24, 2.45) is 5.92 Å². The summed E-state index contributed by atoms with van der Waals surface area (Å²) in [7, 11) is -3.80. The van der Waals surface area contributed by atoms with Gasteiger partial charge in [0.05, 0.1) is 17.2 Å². The van der Waals surface area contributed by atoms with Crippen molar-refractivity contribution in [3.05, 3.63) is 71.5 Å². The van der Waals surface area contributed by atoms with Gasteiger partial charge in [-0.2, -0.15) is 5.10 Å². The van der Waals surface area contributed by atoms with Crippen LogP contribution < -0.4 is 14.8 Å². The maximum Gasteiger partial charge on any atom is 0.261 e. The monoisotopic (exact) mass is 470 g/mol. The Morgan fingerprint density at radius 3 is 2.48 bits per heavy atom. The molecule has 9 heteroatoms. The van der Waals surface area contributed by atoms with Crippen LogP contribution in [0.3, 0.4) is 0 Å². The van der Waals surface area contributed by atoms with Crippen molar-refractivity contribution in [3.63, 3.8) is 0 Å². The maximum atomic E-state index is 12.7. The first-order valence-corrected chi connectivity index (χ1v) is 12.3. The number of benzene rings is 2. The molecule has 1 unspecified atom stereocenters. The number of hydrogen-bond acceptors (Lipinski definition) is 5. The average Bonchev–Trinajstić information content (AvgIpc) is 3.09. The minimum atomic E-state index is -3.80. The van der Waals surface area contributed by atoms with Crippen LogP contribution in [0.5, 0.6) is 5.75 Å². The number of carbonyl (C=O) groups is 1. The molecule has 0 aliphatic carbocycles. The zero-order chi connectivity index (χ0) is 24.0. The van der Waals surface area contributed by atoms with Crippen molar-refractivity contribution in [3.8, 4) is 5.75 Å². The number of aromatic nitrogens is 2. The number of sulfonamides is 1.